The lowest BCUT2D eigenvalue weighted by Gasteiger charge is -2.11. The molecule has 1 amide bonds. The van der Waals surface area contributed by atoms with Gasteiger partial charge in [-0.15, -0.1) is 0 Å². The predicted octanol–water partition coefficient (Wildman–Crippen LogP) is 0.0591. The van der Waals surface area contributed by atoms with Gasteiger partial charge in [-0.25, -0.2) is 5.06 Å². The monoisotopic (exact) mass is 145 g/mol. The minimum Gasteiger partial charge on any atom is -0.300 e. The lowest BCUT2D eigenvalue weighted by atomic mass is 10.1. The standard InChI is InChI=1S/C6H11NO3/c1-5(6(2)9)3-7(10)4-8/h4-5,10H,3H2,1-2H3. The molecule has 4 nitrogen and oxygen atoms in total. The van der Waals surface area contributed by atoms with Crippen LogP contribution in [0.4, 0.5) is 0 Å². The van der Waals surface area contributed by atoms with Crippen molar-refractivity contribution in [2.75, 3.05) is 6.54 Å². The van der Waals surface area contributed by atoms with E-state index in [-0.39, 0.29) is 24.7 Å². The van der Waals surface area contributed by atoms with Crippen molar-refractivity contribution in [3.63, 3.8) is 0 Å². The van der Waals surface area contributed by atoms with E-state index in [1.165, 1.54) is 6.92 Å². The molecular formula is C6H11NO3. The number of hydroxylamine groups is 2. The summed E-state index contributed by atoms with van der Waals surface area (Å²) in [6, 6.07) is 0. The number of carbonyl (C=O) groups is 2. The molecule has 0 aliphatic carbocycles. The Labute approximate surface area is 59.4 Å². The van der Waals surface area contributed by atoms with Crippen LogP contribution in [0.15, 0.2) is 0 Å². The SMILES string of the molecule is CC(=O)C(C)CN(O)C=O. The zero-order valence-electron chi connectivity index (χ0n) is 6.07. The van der Waals surface area contributed by atoms with E-state index in [1.54, 1.807) is 6.92 Å². The van der Waals surface area contributed by atoms with Crippen LogP contribution in [0.1, 0.15) is 13.8 Å². The Bertz CT molecular complexity index is 135. The van der Waals surface area contributed by atoms with Gasteiger partial charge in [0.15, 0.2) is 0 Å². The molecule has 1 N–H and O–H groups in total. The second-order valence-corrected chi connectivity index (χ2v) is 2.24. The van der Waals surface area contributed by atoms with Gasteiger partial charge < -0.3 is 0 Å². The lowest BCUT2D eigenvalue weighted by molar-refractivity contribution is -0.153. The van der Waals surface area contributed by atoms with Crippen molar-refractivity contribution < 1.29 is 14.8 Å². The molecule has 0 spiro atoms. The third-order valence-corrected chi connectivity index (χ3v) is 1.28. The zero-order valence-corrected chi connectivity index (χ0v) is 6.07. The highest BCUT2D eigenvalue weighted by atomic mass is 16.5. The van der Waals surface area contributed by atoms with Crippen LogP contribution in [-0.4, -0.2) is 29.0 Å². The minimum absolute atomic E-state index is 0.0408. The second kappa shape index (κ2) is 4.00. The van der Waals surface area contributed by atoms with E-state index in [0.717, 1.165) is 0 Å². The maximum atomic E-state index is 10.5. The zero-order chi connectivity index (χ0) is 8.15. The summed E-state index contributed by atoms with van der Waals surface area (Å²) in [5.41, 5.74) is 0. The maximum absolute atomic E-state index is 10.5. The van der Waals surface area contributed by atoms with Crippen LogP contribution in [0.3, 0.4) is 0 Å². The topological polar surface area (TPSA) is 57.6 Å². The molecule has 4 heteroatoms. The minimum atomic E-state index is -0.296. The van der Waals surface area contributed by atoms with Crippen LogP contribution in [0, 0.1) is 5.92 Å². The number of nitrogens with zero attached hydrogens (tertiary/aromatic N) is 1. The van der Waals surface area contributed by atoms with Gasteiger partial charge >= 0.3 is 0 Å². The Balaban J connectivity index is 3.67. The van der Waals surface area contributed by atoms with E-state index in [0.29, 0.717) is 5.06 Å². The van der Waals surface area contributed by atoms with Gasteiger partial charge in [-0.05, 0) is 6.92 Å². The van der Waals surface area contributed by atoms with E-state index in [9.17, 15) is 9.59 Å². The molecule has 0 radical (unpaired) electrons. The van der Waals surface area contributed by atoms with Crippen molar-refractivity contribution in [2.24, 2.45) is 5.92 Å². The summed E-state index contributed by atoms with van der Waals surface area (Å²) in [7, 11) is 0. The average Bonchev–Trinajstić information content (AvgIpc) is 1.87. The molecule has 0 aliphatic heterocycles. The molecule has 0 aliphatic rings. The number of carbonyl (C=O) groups excluding carboxylic acids is 2. The summed E-state index contributed by atoms with van der Waals surface area (Å²) in [5, 5.41) is 9.05. The molecule has 0 bridgehead atoms. The first kappa shape index (κ1) is 9.10. The van der Waals surface area contributed by atoms with Crippen molar-refractivity contribution in [3.8, 4) is 0 Å². The quantitative estimate of drug-likeness (QED) is 0.345. The highest BCUT2D eigenvalue weighted by Gasteiger charge is 2.09. The summed E-state index contributed by atoms with van der Waals surface area (Å²) in [5.74, 6) is -0.337. The summed E-state index contributed by atoms with van der Waals surface area (Å²) in [6.45, 7) is 3.14. The van der Waals surface area contributed by atoms with Crippen molar-refractivity contribution in [1.82, 2.24) is 5.06 Å². The summed E-state index contributed by atoms with van der Waals surface area (Å²) in [6.07, 6.45) is 0.277. The molecule has 0 aromatic rings. The fourth-order valence-corrected chi connectivity index (χ4v) is 0.452. The van der Waals surface area contributed by atoms with Crippen LogP contribution < -0.4 is 0 Å². The maximum Gasteiger partial charge on any atom is 0.233 e. The summed E-state index contributed by atoms with van der Waals surface area (Å²) < 4.78 is 0. The van der Waals surface area contributed by atoms with Crippen molar-refractivity contribution in [2.45, 2.75) is 13.8 Å². The number of hydrogen-bond acceptors (Lipinski definition) is 3. The fourth-order valence-electron chi connectivity index (χ4n) is 0.452. The van der Waals surface area contributed by atoms with Crippen molar-refractivity contribution >= 4 is 12.2 Å². The van der Waals surface area contributed by atoms with Gasteiger partial charge in [-0.2, -0.15) is 0 Å². The second-order valence-electron chi connectivity index (χ2n) is 2.24. The average molecular weight is 145 g/mol. The van der Waals surface area contributed by atoms with E-state index in [2.05, 4.69) is 0 Å². The molecule has 0 fully saturated rings. The molecule has 0 saturated carbocycles. The van der Waals surface area contributed by atoms with Crippen LogP contribution in [-0.2, 0) is 9.59 Å². The van der Waals surface area contributed by atoms with Gasteiger partial charge in [0.2, 0.25) is 6.41 Å². The van der Waals surface area contributed by atoms with Gasteiger partial charge in [0, 0.05) is 5.92 Å². The normalized spacial score (nSPS) is 12.3. The molecule has 1 atom stereocenters. The third kappa shape index (κ3) is 3.19. The number of rotatable bonds is 4. The molecule has 0 rings (SSSR count). The number of hydrogen-bond donors (Lipinski definition) is 1. The lowest BCUT2D eigenvalue weighted by Crippen LogP contribution is -2.26. The Morgan fingerprint density at radius 3 is 2.60 bits per heavy atom. The van der Waals surface area contributed by atoms with Crippen LogP contribution >= 0.6 is 0 Å². The number of amides is 1. The largest absolute Gasteiger partial charge is 0.300 e. The third-order valence-electron chi connectivity index (χ3n) is 1.28. The van der Waals surface area contributed by atoms with Gasteiger partial charge in [-0.3, -0.25) is 14.8 Å². The van der Waals surface area contributed by atoms with Crippen LogP contribution in [0.25, 0.3) is 0 Å². The molecule has 0 saturated heterocycles. The first-order valence-corrected chi connectivity index (χ1v) is 2.99. The predicted molar refractivity (Wildman–Crippen MR) is 34.4 cm³/mol. The van der Waals surface area contributed by atoms with Crippen LogP contribution in [0.5, 0.6) is 0 Å². The van der Waals surface area contributed by atoms with E-state index >= 15 is 0 Å². The van der Waals surface area contributed by atoms with Gasteiger partial charge in [0.1, 0.15) is 5.78 Å². The van der Waals surface area contributed by atoms with Gasteiger partial charge in [-0.1, -0.05) is 6.92 Å². The number of ketones is 1. The van der Waals surface area contributed by atoms with E-state index < -0.39 is 0 Å². The molecule has 0 aromatic heterocycles. The summed E-state index contributed by atoms with van der Waals surface area (Å²) in [4.78, 5) is 20.4. The highest BCUT2D eigenvalue weighted by molar-refractivity contribution is 5.78. The molecule has 10 heavy (non-hydrogen) atoms. The molecule has 0 heterocycles. The summed E-state index contributed by atoms with van der Waals surface area (Å²) >= 11 is 0. The van der Waals surface area contributed by atoms with Gasteiger partial charge in [0.05, 0.1) is 6.54 Å². The molecule has 0 aromatic carbocycles. The molecule has 1 unspecified atom stereocenters. The van der Waals surface area contributed by atoms with Crippen molar-refractivity contribution in [3.05, 3.63) is 0 Å². The van der Waals surface area contributed by atoms with Gasteiger partial charge in [0.25, 0.3) is 0 Å². The Morgan fingerprint density at radius 1 is 1.80 bits per heavy atom. The molecule has 58 valence electrons. The van der Waals surface area contributed by atoms with Crippen LogP contribution in [0.2, 0.25) is 0 Å². The van der Waals surface area contributed by atoms with Crippen molar-refractivity contribution in [1.29, 1.82) is 0 Å². The fraction of sp³-hybridized carbons (Fsp3) is 0.667. The molecular weight excluding hydrogens is 134 g/mol. The Morgan fingerprint density at radius 2 is 2.30 bits per heavy atom. The Hall–Kier alpha value is -0.900. The first-order valence-electron chi connectivity index (χ1n) is 2.99. The Kier molecular flexibility index (Phi) is 3.64. The first-order chi connectivity index (χ1) is 4.57. The smallest absolute Gasteiger partial charge is 0.233 e. The van der Waals surface area contributed by atoms with E-state index in [1.807, 2.05) is 0 Å². The number of Topliss-reactive ketones (excluding diaryl/α,β-unsaturated/α-hetero) is 1. The van der Waals surface area contributed by atoms with E-state index in [4.69, 9.17) is 5.21 Å². The highest BCUT2D eigenvalue weighted by Crippen LogP contribution is 1.96.